The fraction of sp³-hybridized carbons (Fsp3) is 0.261. The van der Waals surface area contributed by atoms with E-state index in [1.54, 1.807) is 4.68 Å². The Bertz CT molecular complexity index is 1040. The lowest BCUT2D eigenvalue weighted by molar-refractivity contribution is -0.114. The maximum absolute atomic E-state index is 12.9. The van der Waals surface area contributed by atoms with Crippen LogP contribution >= 0.6 is 0 Å². The molecule has 0 radical (unpaired) electrons. The molecule has 1 N–H and O–H groups in total. The van der Waals surface area contributed by atoms with E-state index in [4.69, 9.17) is 0 Å². The Morgan fingerprint density at radius 1 is 0.900 bits per heavy atom. The van der Waals surface area contributed by atoms with Gasteiger partial charge in [-0.25, -0.2) is 4.68 Å². The molecule has 0 aliphatic carbocycles. The number of nitrogens with one attached hydrogen (secondary N) is 1. The van der Waals surface area contributed by atoms with Gasteiger partial charge in [0.25, 0.3) is 5.91 Å². The van der Waals surface area contributed by atoms with Gasteiger partial charge in [-0.15, -0.1) is 0 Å². The quantitative estimate of drug-likeness (QED) is 0.727. The molecule has 4 rings (SSSR count). The lowest BCUT2D eigenvalue weighted by Crippen LogP contribution is -2.48. The summed E-state index contributed by atoms with van der Waals surface area (Å²) in [5, 5.41) is 7.22. The van der Waals surface area contributed by atoms with E-state index in [1.807, 2.05) is 60.4 Å². The van der Waals surface area contributed by atoms with Gasteiger partial charge in [-0.05, 0) is 43.3 Å². The summed E-state index contributed by atoms with van der Waals surface area (Å²) < 4.78 is 1.67. The van der Waals surface area contributed by atoms with E-state index in [9.17, 15) is 9.59 Å². The van der Waals surface area contributed by atoms with Crippen LogP contribution in [0.15, 0.2) is 60.7 Å². The number of anilines is 2. The number of piperazine rings is 1. The average molecular weight is 403 g/mol. The Balaban J connectivity index is 1.44. The first-order valence-electron chi connectivity index (χ1n) is 10.1. The number of carbonyl (C=O) groups is 2. The third-order valence-electron chi connectivity index (χ3n) is 5.18. The first kappa shape index (κ1) is 19.7. The number of benzene rings is 2. The molecule has 7 heteroatoms. The Labute approximate surface area is 175 Å². The van der Waals surface area contributed by atoms with Crippen molar-refractivity contribution in [3.8, 4) is 5.69 Å². The number of aromatic nitrogens is 2. The molecule has 1 fully saturated rings. The molecule has 1 saturated heterocycles. The van der Waals surface area contributed by atoms with Crippen molar-refractivity contribution in [2.75, 3.05) is 36.4 Å². The van der Waals surface area contributed by atoms with E-state index in [2.05, 4.69) is 27.4 Å². The van der Waals surface area contributed by atoms with Crippen LogP contribution in [0.3, 0.4) is 0 Å². The van der Waals surface area contributed by atoms with Crippen LogP contribution in [0.25, 0.3) is 5.69 Å². The molecule has 2 amide bonds. The van der Waals surface area contributed by atoms with Crippen molar-refractivity contribution in [3.05, 3.63) is 71.9 Å². The van der Waals surface area contributed by atoms with E-state index >= 15 is 0 Å². The van der Waals surface area contributed by atoms with Gasteiger partial charge in [-0.3, -0.25) is 9.59 Å². The van der Waals surface area contributed by atoms with Crippen molar-refractivity contribution in [3.63, 3.8) is 0 Å². The molecule has 0 atom stereocenters. The zero-order chi connectivity index (χ0) is 21.1. The molecule has 3 aromatic rings. The third kappa shape index (κ3) is 4.20. The lowest BCUT2D eigenvalue weighted by atomic mass is 10.1. The van der Waals surface area contributed by atoms with Crippen LogP contribution < -0.4 is 10.2 Å². The maximum atomic E-state index is 12.9. The minimum atomic E-state index is -0.155. The fourth-order valence-electron chi connectivity index (χ4n) is 3.70. The summed E-state index contributed by atoms with van der Waals surface area (Å²) in [7, 11) is 0. The van der Waals surface area contributed by atoms with E-state index < -0.39 is 0 Å². The van der Waals surface area contributed by atoms with Crippen LogP contribution in [-0.2, 0) is 4.79 Å². The summed E-state index contributed by atoms with van der Waals surface area (Å²) >= 11 is 0. The molecule has 0 spiro atoms. The van der Waals surface area contributed by atoms with Crippen molar-refractivity contribution in [2.24, 2.45) is 0 Å². The zero-order valence-electron chi connectivity index (χ0n) is 17.2. The molecule has 0 bridgehead atoms. The SMILES string of the molecule is CC(=O)Nc1cc(C)nn1-c1ccc(C(=O)N2CCN(c3ccccc3)CC2)cc1. The number of carbonyl (C=O) groups excluding carboxylic acids is 2. The molecule has 1 aliphatic rings. The largest absolute Gasteiger partial charge is 0.368 e. The van der Waals surface area contributed by atoms with E-state index in [0.29, 0.717) is 24.5 Å². The summed E-state index contributed by atoms with van der Waals surface area (Å²) in [6.07, 6.45) is 0. The monoisotopic (exact) mass is 403 g/mol. The van der Waals surface area contributed by atoms with Gasteiger partial charge < -0.3 is 15.1 Å². The number of aryl methyl sites for hydroxylation is 1. The summed E-state index contributed by atoms with van der Waals surface area (Å²) in [5.74, 6) is 0.488. The van der Waals surface area contributed by atoms with Crippen LogP contribution in [0.4, 0.5) is 11.5 Å². The van der Waals surface area contributed by atoms with Gasteiger partial charge in [-0.1, -0.05) is 18.2 Å². The number of hydrogen-bond donors (Lipinski definition) is 1. The van der Waals surface area contributed by atoms with Crippen LogP contribution in [0, 0.1) is 6.92 Å². The van der Waals surface area contributed by atoms with Crippen LogP contribution in [0.5, 0.6) is 0 Å². The average Bonchev–Trinajstić information content (AvgIpc) is 3.13. The second-order valence-corrected chi connectivity index (χ2v) is 7.43. The first-order chi connectivity index (χ1) is 14.5. The lowest BCUT2D eigenvalue weighted by Gasteiger charge is -2.36. The van der Waals surface area contributed by atoms with Crippen molar-refractivity contribution in [1.29, 1.82) is 0 Å². The highest BCUT2D eigenvalue weighted by atomic mass is 16.2. The Kier molecular flexibility index (Phi) is 5.52. The van der Waals surface area contributed by atoms with Gasteiger partial charge in [0.2, 0.25) is 5.91 Å². The molecular weight excluding hydrogens is 378 g/mol. The molecule has 2 heterocycles. The number of para-hydroxylation sites is 1. The van der Waals surface area contributed by atoms with E-state index in [-0.39, 0.29) is 11.8 Å². The minimum Gasteiger partial charge on any atom is -0.368 e. The molecule has 0 saturated carbocycles. The van der Waals surface area contributed by atoms with E-state index in [1.165, 1.54) is 12.6 Å². The molecular formula is C23H25N5O2. The Morgan fingerprint density at radius 2 is 1.57 bits per heavy atom. The summed E-state index contributed by atoms with van der Waals surface area (Å²) in [6.45, 7) is 6.36. The number of nitrogens with zero attached hydrogens (tertiary/aromatic N) is 4. The van der Waals surface area contributed by atoms with Gasteiger partial charge in [0.1, 0.15) is 5.82 Å². The van der Waals surface area contributed by atoms with Crippen molar-refractivity contribution in [1.82, 2.24) is 14.7 Å². The molecule has 0 unspecified atom stereocenters. The van der Waals surface area contributed by atoms with Crippen molar-refractivity contribution < 1.29 is 9.59 Å². The molecule has 154 valence electrons. The molecule has 1 aliphatic heterocycles. The van der Waals surface area contributed by atoms with E-state index in [0.717, 1.165) is 24.5 Å². The second-order valence-electron chi connectivity index (χ2n) is 7.43. The molecule has 30 heavy (non-hydrogen) atoms. The Hall–Kier alpha value is -3.61. The predicted octanol–water partition coefficient (Wildman–Crippen LogP) is 3.10. The van der Waals surface area contributed by atoms with Gasteiger partial charge in [0, 0.05) is 50.4 Å². The summed E-state index contributed by atoms with van der Waals surface area (Å²) in [4.78, 5) is 28.6. The summed E-state index contributed by atoms with van der Waals surface area (Å²) in [5.41, 5.74) is 3.43. The van der Waals surface area contributed by atoms with Gasteiger partial charge >= 0.3 is 0 Å². The van der Waals surface area contributed by atoms with Gasteiger partial charge in [-0.2, -0.15) is 5.10 Å². The van der Waals surface area contributed by atoms with Gasteiger partial charge in [0.15, 0.2) is 0 Å². The maximum Gasteiger partial charge on any atom is 0.253 e. The second kappa shape index (κ2) is 8.41. The highest BCUT2D eigenvalue weighted by Gasteiger charge is 2.22. The van der Waals surface area contributed by atoms with Crippen LogP contribution in [0.1, 0.15) is 23.0 Å². The molecule has 2 aromatic carbocycles. The smallest absolute Gasteiger partial charge is 0.253 e. The standard InChI is InChI=1S/C23H25N5O2/c1-17-16-22(24-18(2)29)28(25-17)21-10-8-19(9-11-21)23(30)27-14-12-26(13-15-27)20-6-4-3-5-7-20/h3-11,16H,12-15H2,1-2H3,(H,24,29). The van der Waals surface area contributed by atoms with Crippen LogP contribution in [0.2, 0.25) is 0 Å². The predicted molar refractivity (Wildman–Crippen MR) is 117 cm³/mol. The number of rotatable bonds is 4. The van der Waals surface area contributed by atoms with Crippen LogP contribution in [-0.4, -0.2) is 52.7 Å². The van der Waals surface area contributed by atoms with Gasteiger partial charge in [0.05, 0.1) is 11.4 Å². The highest BCUT2D eigenvalue weighted by Crippen LogP contribution is 2.20. The minimum absolute atomic E-state index is 0.0352. The topological polar surface area (TPSA) is 70.5 Å². The molecule has 7 nitrogen and oxygen atoms in total. The van der Waals surface area contributed by atoms with Crippen molar-refractivity contribution in [2.45, 2.75) is 13.8 Å². The fourth-order valence-corrected chi connectivity index (χ4v) is 3.70. The highest BCUT2D eigenvalue weighted by molar-refractivity contribution is 5.94. The molecule has 1 aromatic heterocycles. The normalized spacial score (nSPS) is 13.9. The first-order valence-corrected chi connectivity index (χ1v) is 10.1. The third-order valence-corrected chi connectivity index (χ3v) is 5.18. The van der Waals surface area contributed by atoms with Crippen molar-refractivity contribution >= 4 is 23.3 Å². The summed E-state index contributed by atoms with van der Waals surface area (Å²) in [6, 6.07) is 19.4. The zero-order valence-corrected chi connectivity index (χ0v) is 17.2. The number of amides is 2. The Morgan fingerprint density at radius 3 is 2.20 bits per heavy atom. The number of hydrogen-bond acceptors (Lipinski definition) is 4.